The maximum Gasteiger partial charge on any atom is 0.269 e. The molecule has 0 radical (unpaired) electrons. The van der Waals surface area contributed by atoms with Crippen LogP contribution in [-0.4, -0.2) is 33.8 Å². The Bertz CT molecular complexity index is 1060. The summed E-state index contributed by atoms with van der Waals surface area (Å²) in [4.78, 5) is 16.9. The summed E-state index contributed by atoms with van der Waals surface area (Å²) >= 11 is 0. The van der Waals surface area contributed by atoms with E-state index >= 15 is 0 Å². The molecule has 0 spiro atoms. The van der Waals surface area contributed by atoms with Gasteiger partial charge in [0.05, 0.1) is 24.8 Å². The second-order valence-electron chi connectivity index (χ2n) is 7.54. The number of hydrogen-bond acceptors (Lipinski definition) is 6. The van der Waals surface area contributed by atoms with Crippen LogP contribution >= 0.6 is 0 Å². The number of halogens is 2. The van der Waals surface area contributed by atoms with E-state index in [1.54, 1.807) is 12.1 Å². The Balaban J connectivity index is 1.61. The third kappa shape index (κ3) is 5.15. The summed E-state index contributed by atoms with van der Waals surface area (Å²) in [5.74, 6) is -1.90. The minimum absolute atomic E-state index is 0.0762. The third-order valence-corrected chi connectivity index (χ3v) is 5.02. The van der Waals surface area contributed by atoms with E-state index < -0.39 is 35.8 Å². The molecule has 7 nitrogen and oxygen atoms in total. The largest absolute Gasteiger partial charge is 0.477 e. The maximum atomic E-state index is 14.1. The van der Waals surface area contributed by atoms with Gasteiger partial charge >= 0.3 is 0 Å². The van der Waals surface area contributed by atoms with Gasteiger partial charge in [0.25, 0.3) is 5.91 Å². The number of aliphatic hydroxyl groups is 1. The van der Waals surface area contributed by atoms with Crippen LogP contribution in [0.25, 0.3) is 0 Å². The van der Waals surface area contributed by atoms with Gasteiger partial charge in [0.1, 0.15) is 17.7 Å². The highest BCUT2D eigenvalue weighted by atomic mass is 19.1. The van der Waals surface area contributed by atoms with E-state index in [0.29, 0.717) is 24.3 Å². The molecule has 166 valence electrons. The van der Waals surface area contributed by atoms with Gasteiger partial charge in [0.2, 0.25) is 5.88 Å². The highest BCUT2D eigenvalue weighted by molar-refractivity contribution is 5.94. The van der Waals surface area contributed by atoms with Crippen molar-refractivity contribution in [2.75, 3.05) is 6.61 Å². The van der Waals surface area contributed by atoms with Crippen LogP contribution in [0.1, 0.15) is 42.5 Å². The number of carbonyl (C=O) groups excluding carboxylic acids is 1. The number of nitriles is 1. The number of carbonyl (C=O) groups is 1. The molecule has 32 heavy (non-hydrogen) atoms. The number of nitrogens with zero attached hydrogens (tertiary/aromatic N) is 4. The van der Waals surface area contributed by atoms with E-state index in [1.165, 1.54) is 17.4 Å². The van der Waals surface area contributed by atoms with Crippen molar-refractivity contribution in [1.29, 1.82) is 5.26 Å². The molecule has 1 aromatic heterocycles. The molecule has 9 heteroatoms. The van der Waals surface area contributed by atoms with E-state index in [4.69, 9.17) is 15.1 Å². The fourth-order valence-corrected chi connectivity index (χ4v) is 3.34. The molecule has 0 fully saturated rings. The normalized spacial score (nSPS) is 16.0. The first-order chi connectivity index (χ1) is 15.3. The van der Waals surface area contributed by atoms with E-state index in [-0.39, 0.29) is 23.7 Å². The van der Waals surface area contributed by atoms with Gasteiger partial charge in [0.15, 0.2) is 0 Å². The lowest BCUT2D eigenvalue weighted by Gasteiger charge is -2.24. The van der Waals surface area contributed by atoms with Crippen LogP contribution in [0, 0.1) is 28.9 Å². The average Bonchev–Trinajstić information content (AvgIpc) is 3.27. The fraction of sp³-hybridized carbons (Fsp3) is 0.304. The predicted molar refractivity (Wildman–Crippen MR) is 112 cm³/mol. The van der Waals surface area contributed by atoms with Gasteiger partial charge in [-0.2, -0.15) is 10.4 Å². The highest BCUT2D eigenvalue weighted by Crippen LogP contribution is 2.32. The van der Waals surface area contributed by atoms with Gasteiger partial charge < -0.3 is 9.84 Å². The summed E-state index contributed by atoms with van der Waals surface area (Å²) in [7, 11) is 0. The van der Waals surface area contributed by atoms with Crippen molar-refractivity contribution in [1.82, 2.24) is 9.99 Å². The van der Waals surface area contributed by atoms with E-state index in [0.717, 1.165) is 12.1 Å². The van der Waals surface area contributed by atoms with Crippen LogP contribution in [0.15, 0.2) is 47.7 Å². The van der Waals surface area contributed by atoms with Crippen molar-refractivity contribution in [3.8, 4) is 11.9 Å². The van der Waals surface area contributed by atoms with Gasteiger partial charge in [0, 0.05) is 36.0 Å². The molecule has 0 aliphatic carbocycles. The Hall–Kier alpha value is -3.64. The second-order valence-corrected chi connectivity index (χ2v) is 7.54. The zero-order valence-corrected chi connectivity index (χ0v) is 17.5. The molecule has 0 bridgehead atoms. The predicted octanol–water partition coefficient (Wildman–Crippen LogP) is 3.64. The van der Waals surface area contributed by atoms with E-state index in [1.807, 2.05) is 13.0 Å². The molecule has 1 N–H and O–H groups in total. The van der Waals surface area contributed by atoms with Gasteiger partial charge in [-0.05, 0) is 36.1 Å². The van der Waals surface area contributed by atoms with Crippen molar-refractivity contribution < 1.29 is 23.4 Å². The fourth-order valence-electron chi connectivity index (χ4n) is 3.34. The maximum absolute atomic E-state index is 14.1. The van der Waals surface area contributed by atoms with E-state index in [2.05, 4.69) is 16.7 Å². The van der Waals surface area contributed by atoms with Crippen LogP contribution in [0.4, 0.5) is 8.78 Å². The molecular weight excluding hydrogens is 418 g/mol. The monoisotopic (exact) mass is 440 g/mol. The van der Waals surface area contributed by atoms with Crippen molar-refractivity contribution in [3.05, 3.63) is 70.9 Å². The van der Waals surface area contributed by atoms with Crippen molar-refractivity contribution in [3.63, 3.8) is 0 Å². The number of ether oxygens (including phenoxy) is 1. The zero-order valence-electron chi connectivity index (χ0n) is 17.5. The molecule has 2 aromatic rings. The SMILES string of the molecule is C=C(CC(C)COc1ccc(C#N)cn1)C(=O)N1N=CCC1c1cc(F)c(CO)c(F)c1. The van der Waals surface area contributed by atoms with Gasteiger partial charge in [-0.15, -0.1) is 0 Å². The summed E-state index contributed by atoms with van der Waals surface area (Å²) in [5.41, 5.74) is 0.543. The molecule has 2 atom stereocenters. The summed E-state index contributed by atoms with van der Waals surface area (Å²) in [5, 5.41) is 23.1. The first-order valence-electron chi connectivity index (χ1n) is 9.95. The van der Waals surface area contributed by atoms with E-state index in [9.17, 15) is 13.6 Å². The molecule has 1 aliphatic rings. The minimum atomic E-state index is -0.872. The third-order valence-electron chi connectivity index (χ3n) is 5.02. The van der Waals surface area contributed by atoms with Crippen LogP contribution in [0.5, 0.6) is 5.88 Å². The Labute approximate surface area is 184 Å². The average molecular weight is 440 g/mol. The Morgan fingerprint density at radius 3 is 2.72 bits per heavy atom. The molecule has 1 amide bonds. The number of amides is 1. The number of pyridine rings is 1. The summed E-state index contributed by atoms with van der Waals surface area (Å²) in [6, 6.07) is 6.72. The van der Waals surface area contributed by atoms with Gasteiger partial charge in [-0.1, -0.05) is 13.5 Å². The second kappa shape index (κ2) is 10.1. The van der Waals surface area contributed by atoms with Crippen LogP contribution in [-0.2, 0) is 11.4 Å². The van der Waals surface area contributed by atoms with Gasteiger partial charge in [-0.25, -0.2) is 18.8 Å². The van der Waals surface area contributed by atoms with Crippen molar-refractivity contribution >= 4 is 12.1 Å². The molecule has 2 heterocycles. The number of rotatable bonds is 8. The topological polar surface area (TPSA) is 98.8 Å². The lowest BCUT2D eigenvalue weighted by atomic mass is 9.99. The van der Waals surface area contributed by atoms with Crippen LogP contribution in [0.3, 0.4) is 0 Å². The number of aliphatic hydroxyl groups excluding tert-OH is 1. The van der Waals surface area contributed by atoms with Crippen molar-refractivity contribution in [2.45, 2.75) is 32.4 Å². The molecular formula is C23H22F2N4O3. The summed E-state index contributed by atoms with van der Waals surface area (Å²) in [6.07, 6.45) is 3.54. The molecule has 3 rings (SSSR count). The minimum Gasteiger partial charge on any atom is -0.477 e. The number of hydrazone groups is 1. The van der Waals surface area contributed by atoms with Crippen molar-refractivity contribution in [2.24, 2.45) is 11.0 Å². The Kier molecular flexibility index (Phi) is 7.28. The highest BCUT2D eigenvalue weighted by Gasteiger charge is 2.31. The summed E-state index contributed by atoms with van der Waals surface area (Å²) in [6.45, 7) is 5.26. The zero-order chi connectivity index (χ0) is 23.3. The number of aromatic nitrogens is 1. The number of benzene rings is 1. The molecule has 1 aliphatic heterocycles. The Morgan fingerprint density at radius 2 is 2.12 bits per heavy atom. The Morgan fingerprint density at radius 1 is 1.41 bits per heavy atom. The first-order valence-corrected chi connectivity index (χ1v) is 9.95. The van der Waals surface area contributed by atoms with Crippen LogP contribution < -0.4 is 4.74 Å². The quantitative estimate of drug-likeness (QED) is 0.632. The number of hydrogen-bond donors (Lipinski definition) is 1. The molecule has 1 aromatic carbocycles. The smallest absolute Gasteiger partial charge is 0.269 e. The van der Waals surface area contributed by atoms with Gasteiger partial charge in [-0.3, -0.25) is 4.79 Å². The lowest BCUT2D eigenvalue weighted by molar-refractivity contribution is -0.129. The first kappa shape index (κ1) is 23.0. The lowest BCUT2D eigenvalue weighted by Crippen LogP contribution is -2.29. The summed E-state index contributed by atoms with van der Waals surface area (Å²) < 4.78 is 33.8. The molecule has 2 unspecified atom stereocenters. The molecule has 0 saturated heterocycles. The molecule has 0 saturated carbocycles. The standard InChI is InChI=1S/C23H22F2N4O3/c1-14(13-32-22-4-3-16(10-26)11-27-22)7-15(2)23(31)29-21(5-6-28-29)17-8-19(24)18(12-30)20(25)9-17/h3-4,6,8-9,11,14,21,30H,2,5,7,12-13H2,1H3. The van der Waals surface area contributed by atoms with Crippen LogP contribution in [0.2, 0.25) is 0 Å².